The number of aliphatic hydroxyl groups is 1. The zero-order valence-corrected chi connectivity index (χ0v) is 8.27. The molecule has 1 unspecified atom stereocenters. The van der Waals surface area contributed by atoms with Crippen molar-refractivity contribution in [3.8, 4) is 0 Å². The summed E-state index contributed by atoms with van der Waals surface area (Å²) in [6, 6.07) is 2.73. The summed E-state index contributed by atoms with van der Waals surface area (Å²) in [7, 11) is 0. The number of rotatable bonds is 3. The van der Waals surface area contributed by atoms with Crippen LogP contribution >= 0.6 is 11.3 Å². The van der Waals surface area contributed by atoms with Gasteiger partial charge in [-0.2, -0.15) is 0 Å². The van der Waals surface area contributed by atoms with Crippen LogP contribution in [0.15, 0.2) is 28.1 Å². The summed E-state index contributed by atoms with van der Waals surface area (Å²) in [6.07, 6.45) is 0.558. The van der Waals surface area contributed by atoms with Crippen LogP contribution in [0.2, 0.25) is 0 Å². The number of hydrogen-bond donors (Lipinski definition) is 2. The van der Waals surface area contributed by atoms with Crippen LogP contribution in [0.3, 0.4) is 0 Å². The first-order valence-electron chi connectivity index (χ1n) is 4.09. The summed E-state index contributed by atoms with van der Waals surface area (Å²) in [5, 5.41) is 20.6. The van der Waals surface area contributed by atoms with Gasteiger partial charge in [-0.05, 0) is 12.1 Å². The lowest BCUT2D eigenvalue weighted by Gasteiger charge is -2.02. The SMILES string of the molecule is O=C(O)c1ccc(C(O)c2nccs2)o1. The van der Waals surface area contributed by atoms with E-state index in [4.69, 9.17) is 9.52 Å². The predicted molar refractivity (Wildman–Crippen MR) is 51.8 cm³/mol. The highest BCUT2D eigenvalue weighted by atomic mass is 32.1. The van der Waals surface area contributed by atoms with Gasteiger partial charge in [-0.1, -0.05) is 0 Å². The Kier molecular flexibility index (Phi) is 2.53. The Morgan fingerprint density at radius 2 is 2.33 bits per heavy atom. The molecule has 0 spiro atoms. The van der Waals surface area contributed by atoms with E-state index < -0.39 is 12.1 Å². The third-order valence-corrected chi connectivity index (χ3v) is 2.62. The van der Waals surface area contributed by atoms with Gasteiger partial charge >= 0.3 is 5.97 Å². The van der Waals surface area contributed by atoms with Gasteiger partial charge in [0.15, 0.2) is 6.10 Å². The number of furan rings is 1. The van der Waals surface area contributed by atoms with Gasteiger partial charge in [0.25, 0.3) is 0 Å². The van der Waals surface area contributed by atoms with Crippen molar-refractivity contribution in [3.63, 3.8) is 0 Å². The summed E-state index contributed by atoms with van der Waals surface area (Å²) < 4.78 is 4.95. The van der Waals surface area contributed by atoms with Crippen molar-refractivity contribution in [2.24, 2.45) is 0 Å². The molecule has 2 rings (SSSR count). The fourth-order valence-electron chi connectivity index (χ4n) is 1.11. The Balaban J connectivity index is 2.26. The Bertz CT molecular complexity index is 462. The second-order valence-corrected chi connectivity index (χ2v) is 3.71. The molecule has 0 amide bonds. The first kappa shape index (κ1) is 9.88. The minimum atomic E-state index is -1.16. The van der Waals surface area contributed by atoms with E-state index in [0.29, 0.717) is 5.01 Å². The number of thiazole rings is 1. The van der Waals surface area contributed by atoms with Gasteiger partial charge in [-0.15, -0.1) is 11.3 Å². The minimum Gasteiger partial charge on any atom is -0.475 e. The minimum absolute atomic E-state index is 0.183. The van der Waals surface area contributed by atoms with Gasteiger partial charge in [0.2, 0.25) is 5.76 Å². The van der Waals surface area contributed by atoms with Crippen molar-refractivity contribution in [2.75, 3.05) is 0 Å². The maximum Gasteiger partial charge on any atom is 0.371 e. The average molecular weight is 225 g/mol. The van der Waals surface area contributed by atoms with Crippen molar-refractivity contribution in [1.29, 1.82) is 0 Å². The lowest BCUT2D eigenvalue weighted by atomic mass is 10.3. The molecule has 0 saturated carbocycles. The second-order valence-electron chi connectivity index (χ2n) is 2.78. The molecule has 0 bridgehead atoms. The van der Waals surface area contributed by atoms with E-state index in [-0.39, 0.29) is 11.5 Å². The van der Waals surface area contributed by atoms with Crippen LogP contribution in [-0.2, 0) is 0 Å². The van der Waals surface area contributed by atoms with Crippen LogP contribution in [0.5, 0.6) is 0 Å². The normalized spacial score (nSPS) is 12.6. The second kappa shape index (κ2) is 3.84. The van der Waals surface area contributed by atoms with E-state index in [0.717, 1.165) is 0 Å². The number of aliphatic hydroxyl groups excluding tert-OH is 1. The van der Waals surface area contributed by atoms with Crippen molar-refractivity contribution >= 4 is 17.3 Å². The lowest BCUT2D eigenvalue weighted by Crippen LogP contribution is -1.97. The summed E-state index contributed by atoms with van der Waals surface area (Å²) in [4.78, 5) is 14.4. The van der Waals surface area contributed by atoms with Gasteiger partial charge in [0.1, 0.15) is 10.8 Å². The molecule has 2 N–H and O–H groups in total. The quantitative estimate of drug-likeness (QED) is 0.827. The highest BCUT2D eigenvalue weighted by molar-refractivity contribution is 7.09. The molecule has 78 valence electrons. The fraction of sp³-hybridized carbons (Fsp3) is 0.111. The van der Waals surface area contributed by atoms with E-state index >= 15 is 0 Å². The van der Waals surface area contributed by atoms with Crippen LogP contribution in [0.4, 0.5) is 0 Å². The van der Waals surface area contributed by atoms with Gasteiger partial charge in [0, 0.05) is 11.6 Å². The lowest BCUT2D eigenvalue weighted by molar-refractivity contribution is 0.0655. The van der Waals surface area contributed by atoms with E-state index in [9.17, 15) is 9.90 Å². The monoisotopic (exact) mass is 225 g/mol. The first-order chi connectivity index (χ1) is 7.18. The molecule has 15 heavy (non-hydrogen) atoms. The molecule has 0 fully saturated rings. The highest BCUT2D eigenvalue weighted by Gasteiger charge is 2.18. The van der Waals surface area contributed by atoms with Crippen LogP contribution < -0.4 is 0 Å². The molecule has 0 aliphatic heterocycles. The third-order valence-electron chi connectivity index (χ3n) is 1.79. The number of aromatic carboxylic acids is 1. The molecule has 0 saturated heterocycles. The summed E-state index contributed by atoms with van der Waals surface area (Å²) >= 11 is 1.27. The molecule has 0 aromatic carbocycles. The Morgan fingerprint density at radius 3 is 2.87 bits per heavy atom. The van der Waals surface area contributed by atoms with Crippen molar-refractivity contribution in [3.05, 3.63) is 40.2 Å². The molecule has 0 radical (unpaired) electrons. The van der Waals surface area contributed by atoms with Gasteiger partial charge in [0.05, 0.1) is 0 Å². The zero-order chi connectivity index (χ0) is 10.8. The molecule has 5 nitrogen and oxygen atoms in total. The van der Waals surface area contributed by atoms with Crippen LogP contribution in [0.25, 0.3) is 0 Å². The van der Waals surface area contributed by atoms with Gasteiger partial charge in [-0.3, -0.25) is 0 Å². The van der Waals surface area contributed by atoms with E-state index in [2.05, 4.69) is 4.98 Å². The van der Waals surface area contributed by atoms with Crippen LogP contribution in [-0.4, -0.2) is 21.2 Å². The largest absolute Gasteiger partial charge is 0.475 e. The van der Waals surface area contributed by atoms with Gasteiger partial charge < -0.3 is 14.6 Å². The number of carboxylic acids is 1. The Morgan fingerprint density at radius 1 is 1.53 bits per heavy atom. The van der Waals surface area contributed by atoms with E-state index in [1.807, 2.05) is 0 Å². The molecular formula is C9H7NO4S. The molecule has 2 aromatic rings. The summed E-state index contributed by atoms with van der Waals surface area (Å²) in [5.74, 6) is -1.17. The smallest absolute Gasteiger partial charge is 0.371 e. The number of nitrogens with zero attached hydrogens (tertiary/aromatic N) is 1. The topological polar surface area (TPSA) is 83.6 Å². The van der Waals surface area contributed by atoms with E-state index in [1.54, 1.807) is 11.6 Å². The molecule has 2 heterocycles. The first-order valence-corrected chi connectivity index (χ1v) is 4.97. The zero-order valence-electron chi connectivity index (χ0n) is 7.45. The number of aromatic nitrogens is 1. The maximum absolute atomic E-state index is 10.5. The van der Waals surface area contributed by atoms with Gasteiger partial charge in [-0.25, -0.2) is 9.78 Å². The molecule has 2 aromatic heterocycles. The fourth-order valence-corrected chi connectivity index (χ4v) is 1.73. The number of hydrogen-bond acceptors (Lipinski definition) is 5. The maximum atomic E-state index is 10.5. The molecule has 6 heteroatoms. The van der Waals surface area contributed by atoms with Crippen LogP contribution in [0.1, 0.15) is 27.4 Å². The van der Waals surface area contributed by atoms with Crippen molar-refractivity contribution in [1.82, 2.24) is 4.98 Å². The van der Waals surface area contributed by atoms with E-state index in [1.165, 1.54) is 23.5 Å². The number of carboxylic acid groups (broad SMARTS) is 1. The predicted octanol–water partition coefficient (Wildman–Crippen LogP) is 1.52. The molecule has 0 aliphatic rings. The molecule has 0 aliphatic carbocycles. The third kappa shape index (κ3) is 1.90. The summed E-state index contributed by atoms with van der Waals surface area (Å²) in [5.41, 5.74) is 0. The van der Waals surface area contributed by atoms with Crippen LogP contribution in [0, 0.1) is 0 Å². The molecule has 1 atom stereocenters. The number of carbonyl (C=O) groups is 1. The highest BCUT2D eigenvalue weighted by Crippen LogP contribution is 2.25. The Hall–Kier alpha value is -1.66. The van der Waals surface area contributed by atoms with Crippen molar-refractivity contribution < 1.29 is 19.4 Å². The summed E-state index contributed by atoms with van der Waals surface area (Å²) in [6.45, 7) is 0. The molecular weight excluding hydrogens is 218 g/mol. The standard InChI is InChI=1S/C9H7NO4S/c11-7(8-10-3-4-15-8)5-1-2-6(14-5)9(12)13/h1-4,7,11H,(H,12,13). The average Bonchev–Trinajstić information content (AvgIpc) is 2.88. The Labute approximate surface area is 88.6 Å². The van der Waals surface area contributed by atoms with Crippen molar-refractivity contribution in [2.45, 2.75) is 6.10 Å².